The van der Waals surface area contributed by atoms with Crippen LogP contribution in [0, 0.1) is 0 Å². The summed E-state index contributed by atoms with van der Waals surface area (Å²) in [6.07, 6.45) is 3.74. The van der Waals surface area contributed by atoms with Gasteiger partial charge in [-0.05, 0) is 25.6 Å². The van der Waals surface area contributed by atoms with Crippen LogP contribution in [0.3, 0.4) is 0 Å². The minimum absolute atomic E-state index is 0.305. The fourth-order valence-corrected chi connectivity index (χ4v) is 2.43. The Morgan fingerprint density at radius 2 is 2.35 bits per heavy atom. The molecule has 2 N–H and O–H groups in total. The van der Waals surface area contributed by atoms with Gasteiger partial charge in [-0.1, -0.05) is 6.07 Å². The molecule has 2 rings (SSSR count). The number of nitrogens with zero attached hydrogens (tertiary/aromatic N) is 3. The second kappa shape index (κ2) is 5.58. The number of hydrogen-bond acceptors (Lipinski definition) is 4. The highest BCUT2D eigenvalue weighted by atomic mass is 15.3. The van der Waals surface area contributed by atoms with Gasteiger partial charge in [0.15, 0.2) is 0 Å². The van der Waals surface area contributed by atoms with E-state index in [-0.39, 0.29) is 0 Å². The first-order valence-electron chi connectivity index (χ1n) is 6.26. The molecule has 0 aromatic carbocycles. The maximum absolute atomic E-state index is 5.93. The predicted molar refractivity (Wildman–Crippen MR) is 69.7 cm³/mol. The maximum Gasteiger partial charge on any atom is 0.0486 e. The summed E-state index contributed by atoms with van der Waals surface area (Å²) in [7, 11) is 2.18. The minimum atomic E-state index is 0.305. The van der Waals surface area contributed by atoms with E-state index in [1.165, 1.54) is 5.56 Å². The molecule has 94 valence electrons. The molecule has 0 aliphatic carbocycles. The summed E-state index contributed by atoms with van der Waals surface area (Å²) in [6, 6.07) is 5.00. The fraction of sp³-hybridized carbons (Fsp3) is 0.615. The third kappa shape index (κ3) is 2.83. The average molecular weight is 234 g/mol. The molecule has 0 saturated carbocycles. The highest BCUT2D eigenvalue weighted by molar-refractivity contribution is 5.15. The second-order valence-corrected chi connectivity index (χ2v) is 4.86. The normalized spacial score (nSPS) is 24.8. The van der Waals surface area contributed by atoms with Crippen molar-refractivity contribution in [3.05, 3.63) is 30.1 Å². The Balaban J connectivity index is 2.09. The van der Waals surface area contributed by atoms with Crippen LogP contribution in [0.2, 0.25) is 0 Å². The summed E-state index contributed by atoms with van der Waals surface area (Å²) in [5.74, 6) is 0. The van der Waals surface area contributed by atoms with E-state index >= 15 is 0 Å². The van der Waals surface area contributed by atoms with E-state index in [0.29, 0.717) is 18.6 Å². The first-order valence-corrected chi connectivity index (χ1v) is 6.26. The van der Waals surface area contributed by atoms with Gasteiger partial charge < -0.3 is 10.6 Å². The van der Waals surface area contributed by atoms with Crippen LogP contribution in [0.4, 0.5) is 0 Å². The molecule has 0 bridgehead atoms. The molecular formula is C13H22N4. The van der Waals surface area contributed by atoms with Crippen molar-refractivity contribution < 1.29 is 0 Å². The third-order valence-corrected chi connectivity index (χ3v) is 3.72. The molecule has 4 nitrogen and oxygen atoms in total. The number of aromatic nitrogens is 1. The quantitative estimate of drug-likeness (QED) is 0.837. The number of likely N-dealkylation sites (N-methyl/N-ethyl adjacent to an activating group) is 1. The first kappa shape index (κ1) is 12.5. The lowest BCUT2D eigenvalue weighted by molar-refractivity contribution is 0.0740. The van der Waals surface area contributed by atoms with E-state index in [9.17, 15) is 0 Å². The molecule has 0 radical (unpaired) electrons. The average Bonchev–Trinajstić information content (AvgIpc) is 2.36. The highest BCUT2D eigenvalue weighted by Crippen LogP contribution is 2.21. The Kier molecular flexibility index (Phi) is 4.10. The first-order chi connectivity index (χ1) is 8.22. The van der Waals surface area contributed by atoms with E-state index in [4.69, 9.17) is 5.73 Å². The Morgan fingerprint density at radius 1 is 1.53 bits per heavy atom. The second-order valence-electron chi connectivity index (χ2n) is 4.86. The monoisotopic (exact) mass is 234 g/mol. The summed E-state index contributed by atoms with van der Waals surface area (Å²) in [4.78, 5) is 9.06. The third-order valence-electron chi connectivity index (χ3n) is 3.72. The lowest BCUT2D eigenvalue weighted by atomic mass is 10.1. The smallest absolute Gasteiger partial charge is 0.0486 e. The topological polar surface area (TPSA) is 45.4 Å². The van der Waals surface area contributed by atoms with Crippen molar-refractivity contribution in [3.8, 4) is 0 Å². The van der Waals surface area contributed by atoms with Gasteiger partial charge in [0.2, 0.25) is 0 Å². The van der Waals surface area contributed by atoms with Crippen molar-refractivity contribution >= 4 is 0 Å². The molecule has 1 aliphatic heterocycles. The molecule has 1 aromatic heterocycles. The largest absolute Gasteiger partial charge is 0.329 e. The van der Waals surface area contributed by atoms with Crippen LogP contribution in [-0.2, 0) is 0 Å². The zero-order valence-corrected chi connectivity index (χ0v) is 10.7. The predicted octanol–water partition coefficient (Wildman–Crippen LogP) is 0.717. The molecule has 1 aromatic rings. The number of rotatable bonds is 3. The highest BCUT2D eigenvalue weighted by Gasteiger charge is 2.26. The molecule has 2 atom stereocenters. The van der Waals surface area contributed by atoms with Gasteiger partial charge in [0, 0.05) is 50.7 Å². The lowest BCUT2D eigenvalue weighted by Crippen LogP contribution is -2.52. The molecule has 2 heterocycles. The van der Waals surface area contributed by atoms with Crippen LogP contribution in [0.5, 0.6) is 0 Å². The molecular weight excluding hydrogens is 212 g/mol. The van der Waals surface area contributed by atoms with Crippen molar-refractivity contribution in [1.29, 1.82) is 0 Å². The van der Waals surface area contributed by atoms with Crippen LogP contribution in [0.1, 0.15) is 18.5 Å². The summed E-state index contributed by atoms with van der Waals surface area (Å²) in [6.45, 7) is 6.19. The van der Waals surface area contributed by atoms with Gasteiger partial charge in [-0.3, -0.25) is 9.88 Å². The number of pyridine rings is 1. The van der Waals surface area contributed by atoms with Crippen LogP contribution < -0.4 is 5.73 Å². The summed E-state index contributed by atoms with van der Waals surface area (Å²) >= 11 is 0. The van der Waals surface area contributed by atoms with Crippen molar-refractivity contribution in [1.82, 2.24) is 14.8 Å². The Labute approximate surface area is 103 Å². The SMILES string of the molecule is CC1CN(C(CN)c2cccnc2)CCN1C. The fourth-order valence-electron chi connectivity index (χ4n) is 2.43. The molecule has 0 spiro atoms. The van der Waals surface area contributed by atoms with Crippen LogP contribution in [0.25, 0.3) is 0 Å². The standard InChI is InChI=1S/C13H22N4/c1-11-10-17(7-6-16(11)2)13(8-14)12-4-3-5-15-9-12/h3-5,9,11,13H,6-8,10,14H2,1-2H3. The Bertz CT molecular complexity index is 341. The van der Waals surface area contributed by atoms with E-state index in [2.05, 4.69) is 34.8 Å². The molecule has 4 heteroatoms. The van der Waals surface area contributed by atoms with Gasteiger partial charge >= 0.3 is 0 Å². The van der Waals surface area contributed by atoms with E-state index < -0.39 is 0 Å². The van der Waals surface area contributed by atoms with Crippen LogP contribution in [-0.4, -0.2) is 54.1 Å². The van der Waals surface area contributed by atoms with Gasteiger partial charge in [-0.2, -0.15) is 0 Å². The van der Waals surface area contributed by atoms with Gasteiger partial charge in [-0.25, -0.2) is 0 Å². The molecule has 17 heavy (non-hydrogen) atoms. The van der Waals surface area contributed by atoms with Crippen LogP contribution >= 0.6 is 0 Å². The minimum Gasteiger partial charge on any atom is -0.329 e. The summed E-state index contributed by atoms with van der Waals surface area (Å²) < 4.78 is 0. The molecule has 1 fully saturated rings. The van der Waals surface area contributed by atoms with E-state index in [1.807, 2.05) is 18.5 Å². The van der Waals surface area contributed by atoms with Gasteiger partial charge in [0.05, 0.1) is 0 Å². The van der Waals surface area contributed by atoms with Gasteiger partial charge in [0.1, 0.15) is 0 Å². The molecule has 2 unspecified atom stereocenters. The van der Waals surface area contributed by atoms with Gasteiger partial charge in [-0.15, -0.1) is 0 Å². The van der Waals surface area contributed by atoms with Crippen molar-refractivity contribution in [2.45, 2.75) is 19.0 Å². The summed E-state index contributed by atoms with van der Waals surface area (Å²) in [5.41, 5.74) is 7.16. The summed E-state index contributed by atoms with van der Waals surface area (Å²) in [5, 5.41) is 0. The zero-order chi connectivity index (χ0) is 12.3. The van der Waals surface area contributed by atoms with E-state index in [1.54, 1.807) is 0 Å². The van der Waals surface area contributed by atoms with Gasteiger partial charge in [0.25, 0.3) is 0 Å². The molecule has 1 aliphatic rings. The van der Waals surface area contributed by atoms with Crippen LogP contribution in [0.15, 0.2) is 24.5 Å². The Hall–Kier alpha value is -0.970. The number of hydrogen-bond donors (Lipinski definition) is 1. The zero-order valence-electron chi connectivity index (χ0n) is 10.7. The number of nitrogens with two attached hydrogens (primary N) is 1. The van der Waals surface area contributed by atoms with Crippen molar-refractivity contribution in [2.75, 3.05) is 33.2 Å². The van der Waals surface area contributed by atoms with E-state index in [0.717, 1.165) is 19.6 Å². The Morgan fingerprint density at radius 3 is 2.94 bits per heavy atom. The lowest BCUT2D eigenvalue weighted by Gasteiger charge is -2.41. The molecule has 0 amide bonds. The van der Waals surface area contributed by atoms with Crippen molar-refractivity contribution in [3.63, 3.8) is 0 Å². The molecule has 1 saturated heterocycles. The number of piperazine rings is 1. The maximum atomic E-state index is 5.93. The van der Waals surface area contributed by atoms with Crippen molar-refractivity contribution in [2.24, 2.45) is 5.73 Å².